The number of nitrogens with zero attached hydrogens (tertiary/aromatic N) is 4. The number of hydrogen-bond acceptors (Lipinski definition) is 3. The number of benzene rings is 1. The van der Waals surface area contributed by atoms with Gasteiger partial charge in [-0.3, -0.25) is 0 Å². The van der Waals surface area contributed by atoms with E-state index in [1.165, 1.54) is 4.68 Å². The van der Waals surface area contributed by atoms with E-state index in [0.717, 1.165) is 73.2 Å². The van der Waals surface area contributed by atoms with Crippen molar-refractivity contribution in [2.75, 3.05) is 0 Å². The molecule has 0 amide bonds. The molecule has 0 saturated heterocycles. The van der Waals surface area contributed by atoms with Gasteiger partial charge >= 0.3 is 231 Å². The summed E-state index contributed by atoms with van der Waals surface area (Å²) in [7, 11) is 0. The standard InChI is InChI=1S/C16H9F6N4.3C4H9.Sn/c17-15(18,19)12-5-10(6-13(7-12)16(20,21)22)9-26-14(8-24-25-26)11-1-3-23-4-2-11;3*1-3-4-2;/h1-7H,9H2;3*1,3-4H2,2H3;. The third kappa shape index (κ3) is 7.98. The first-order valence-electron chi connectivity index (χ1n) is 13.6. The quantitative estimate of drug-likeness (QED) is 0.136. The van der Waals surface area contributed by atoms with E-state index >= 15 is 0 Å². The molecule has 0 aliphatic carbocycles. The Kier molecular flexibility index (Phi) is 10.9. The number of rotatable bonds is 13. The molecule has 0 atom stereocenters. The second-order valence-corrected chi connectivity index (χ2v) is 23.1. The third-order valence-electron chi connectivity index (χ3n) is 7.20. The van der Waals surface area contributed by atoms with Crippen LogP contribution in [0.2, 0.25) is 13.3 Å². The van der Waals surface area contributed by atoms with Crippen molar-refractivity contribution in [2.24, 2.45) is 0 Å². The summed E-state index contributed by atoms with van der Waals surface area (Å²) in [5.74, 6) is 0. The van der Waals surface area contributed by atoms with E-state index in [1.807, 2.05) is 12.1 Å². The van der Waals surface area contributed by atoms with Gasteiger partial charge in [0.1, 0.15) is 0 Å². The van der Waals surface area contributed by atoms with Crippen LogP contribution in [0.4, 0.5) is 26.3 Å². The number of aromatic nitrogens is 4. The molecule has 3 rings (SSSR count). The first-order chi connectivity index (χ1) is 18.4. The molecule has 0 saturated carbocycles. The maximum absolute atomic E-state index is 13.5. The minimum atomic E-state index is -4.91. The van der Waals surface area contributed by atoms with Crippen LogP contribution in [0.5, 0.6) is 0 Å². The van der Waals surface area contributed by atoms with Crippen LogP contribution in [-0.2, 0) is 18.9 Å². The monoisotopic (exact) mass is 662 g/mol. The fraction of sp³-hybridized carbons (Fsp3) is 0.536. The normalized spacial score (nSPS) is 12.7. The molecule has 2 heterocycles. The molecule has 11 heteroatoms. The van der Waals surface area contributed by atoms with E-state index in [1.54, 1.807) is 12.4 Å². The van der Waals surface area contributed by atoms with Crippen LogP contribution in [0.25, 0.3) is 11.3 Å². The Bertz CT molecular complexity index is 1140. The summed E-state index contributed by atoms with van der Waals surface area (Å²) >= 11 is -3.19. The van der Waals surface area contributed by atoms with Crippen molar-refractivity contribution in [3.8, 4) is 11.3 Å². The van der Waals surface area contributed by atoms with Crippen molar-refractivity contribution in [3.63, 3.8) is 0 Å². The summed E-state index contributed by atoms with van der Waals surface area (Å²) in [6.45, 7) is 6.21. The molecule has 3 aromatic rings. The Balaban J connectivity index is 2.22. The van der Waals surface area contributed by atoms with Crippen molar-refractivity contribution < 1.29 is 26.3 Å². The second kappa shape index (κ2) is 13.5. The predicted octanol–water partition coefficient (Wildman–Crippen LogP) is 8.48. The van der Waals surface area contributed by atoms with Crippen molar-refractivity contribution in [3.05, 3.63) is 59.4 Å². The summed E-state index contributed by atoms with van der Waals surface area (Å²) < 4.78 is 86.9. The fourth-order valence-corrected chi connectivity index (χ4v) is 21.1. The first-order valence-corrected chi connectivity index (χ1v) is 21.1. The van der Waals surface area contributed by atoms with Gasteiger partial charge in [-0.05, 0) is 0 Å². The number of unbranched alkanes of at least 4 members (excludes halogenated alkanes) is 3. The predicted molar refractivity (Wildman–Crippen MR) is 143 cm³/mol. The van der Waals surface area contributed by atoms with Crippen LogP contribution >= 0.6 is 0 Å². The van der Waals surface area contributed by atoms with Gasteiger partial charge in [-0.1, -0.05) is 0 Å². The molecule has 39 heavy (non-hydrogen) atoms. The number of alkyl halides is 6. The molecule has 0 unspecified atom stereocenters. The molecule has 0 N–H and O–H groups in total. The van der Waals surface area contributed by atoms with Gasteiger partial charge in [0.2, 0.25) is 0 Å². The molecule has 0 aliphatic rings. The molecule has 0 radical (unpaired) electrons. The first kappa shape index (κ1) is 31.4. The van der Waals surface area contributed by atoms with Crippen LogP contribution in [0.3, 0.4) is 0 Å². The zero-order valence-corrected chi connectivity index (χ0v) is 25.5. The number of hydrogen-bond donors (Lipinski definition) is 0. The van der Waals surface area contributed by atoms with Crippen LogP contribution in [-0.4, -0.2) is 38.4 Å². The van der Waals surface area contributed by atoms with Gasteiger partial charge in [-0.2, -0.15) is 0 Å². The van der Waals surface area contributed by atoms with Crippen molar-refractivity contribution in [1.82, 2.24) is 20.0 Å². The molecular formula is C28H36F6N4Sn. The Morgan fingerprint density at radius 1 is 0.744 bits per heavy atom. The Hall–Kier alpha value is -2.11. The molecule has 0 spiro atoms. The molecule has 4 nitrogen and oxygen atoms in total. The van der Waals surface area contributed by atoms with Crippen LogP contribution < -0.4 is 3.71 Å². The maximum atomic E-state index is 13.5. The summed E-state index contributed by atoms with van der Waals surface area (Å²) in [4.78, 5) is 4.10. The molecule has 0 aliphatic heterocycles. The van der Waals surface area contributed by atoms with Gasteiger partial charge in [-0.15, -0.1) is 0 Å². The van der Waals surface area contributed by atoms with E-state index in [4.69, 9.17) is 5.10 Å². The van der Waals surface area contributed by atoms with E-state index < -0.39 is 41.9 Å². The Morgan fingerprint density at radius 3 is 1.67 bits per heavy atom. The summed E-state index contributed by atoms with van der Waals surface area (Å²) in [6, 6.07) is 5.31. The SMILES string of the molecule is CCC[CH2][Sn]([CH2]CCC)([CH2]CCC)[c]1nnn(Cc2cc(C(F)(F)F)cc(C(F)(F)F)c2)c1-c1ccncc1. The Morgan fingerprint density at radius 2 is 1.23 bits per heavy atom. The topological polar surface area (TPSA) is 43.6 Å². The fourth-order valence-electron chi connectivity index (χ4n) is 5.14. The minimum absolute atomic E-state index is 0.125. The van der Waals surface area contributed by atoms with Gasteiger partial charge in [0.05, 0.1) is 0 Å². The van der Waals surface area contributed by atoms with Crippen molar-refractivity contribution >= 4 is 22.1 Å². The number of pyridine rings is 1. The molecule has 1 aromatic carbocycles. The third-order valence-corrected chi connectivity index (χ3v) is 22.2. The molecule has 2 aromatic heterocycles. The van der Waals surface area contributed by atoms with Gasteiger partial charge in [-0.25, -0.2) is 0 Å². The van der Waals surface area contributed by atoms with Crippen molar-refractivity contribution in [1.29, 1.82) is 0 Å². The van der Waals surface area contributed by atoms with E-state index in [-0.39, 0.29) is 18.2 Å². The molecular weight excluding hydrogens is 625 g/mol. The molecule has 214 valence electrons. The zero-order valence-electron chi connectivity index (χ0n) is 22.7. The van der Waals surface area contributed by atoms with E-state index in [0.29, 0.717) is 5.69 Å². The van der Waals surface area contributed by atoms with Gasteiger partial charge in [0.15, 0.2) is 0 Å². The molecule has 0 fully saturated rings. The summed E-state index contributed by atoms with van der Waals surface area (Å²) in [6.07, 6.45) is -0.251. The van der Waals surface area contributed by atoms with Crippen LogP contribution in [0.15, 0.2) is 42.7 Å². The van der Waals surface area contributed by atoms with Gasteiger partial charge < -0.3 is 0 Å². The van der Waals surface area contributed by atoms with Crippen molar-refractivity contribution in [2.45, 2.75) is 91.5 Å². The second-order valence-electron chi connectivity index (χ2n) is 10.2. The average Bonchev–Trinajstić information content (AvgIpc) is 3.31. The molecule has 0 bridgehead atoms. The summed E-state index contributed by atoms with van der Waals surface area (Å²) in [5, 5.41) is 9.10. The van der Waals surface area contributed by atoms with E-state index in [2.05, 4.69) is 31.0 Å². The van der Waals surface area contributed by atoms with Gasteiger partial charge in [0.25, 0.3) is 0 Å². The number of halogens is 6. The summed E-state index contributed by atoms with van der Waals surface area (Å²) in [5.41, 5.74) is -1.30. The zero-order chi connectivity index (χ0) is 28.7. The van der Waals surface area contributed by atoms with Crippen LogP contribution in [0, 0.1) is 0 Å². The van der Waals surface area contributed by atoms with E-state index in [9.17, 15) is 26.3 Å². The Labute approximate surface area is 230 Å². The van der Waals surface area contributed by atoms with Crippen LogP contribution in [0.1, 0.15) is 76.0 Å². The average molecular weight is 661 g/mol. The van der Waals surface area contributed by atoms with Gasteiger partial charge in [0, 0.05) is 0 Å².